The summed E-state index contributed by atoms with van der Waals surface area (Å²) in [6.45, 7) is 0.782. The molecule has 1 aliphatic rings. The number of carbonyl (C=O) groups excluding carboxylic acids is 2. The molecule has 2 aromatic rings. The molecule has 1 fully saturated rings. The molecule has 0 radical (unpaired) electrons. The zero-order valence-corrected chi connectivity index (χ0v) is 16.0. The highest BCUT2D eigenvalue weighted by atomic mass is 32.2. The number of thioether (sulfide) groups is 1. The fourth-order valence-corrected chi connectivity index (χ4v) is 4.54. The number of amides is 2. The molecule has 0 saturated carbocycles. The number of hydrogen-bond acceptors (Lipinski definition) is 5. The van der Waals surface area contributed by atoms with Crippen molar-refractivity contribution in [2.24, 2.45) is 0 Å². The number of anilines is 1. The Kier molecular flexibility index (Phi) is 5.96. The lowest BCUT2D eigenvalue weighted by molar-refractivity contribution is -0.129. The standard InChI is InChI=1S/C19H19N3O2S2/c1-25-12-18(23)22-9-3-6-15(22)16-7-8-17(26-16)19(24)21-14-5-2-4-13(10-14)11-20/h2,4-5,7-8,10,15H,3,6,9,12H2,1H3,(H,21,24)/t15-/m0/s1. The minimum Gasteiger partial charge on any atom is -0.334 e. The van der Waals surface area contributed by atoms with Crippen LogP contribution in [0.4, 0.5) is 5.69 Å². The second-order valence-corrected chi connectivity index (χ2v) is 8.01. The number of nitrogens with zero attached hydrogens (tertiary/aromatic N) is 2. The molecule has 134 valence electrons. The summed E-state index contributed by atoms with van der Waals surface area (Å²) in [5.41, 5.74) is 1.10. The van der Waals surface area contributed by atoms with E-state index >= 15 is 0 Å². The first-order chi connectivity index (χ1) is 12.6. The van der Waals surface area contributed by atoms with Gasteiger partial charge in [-0.1, -0.05) is 6.07 Å². The molecule has 2 amide bonds. The molecule has 1 aromatic carbocycles. The third kappa shape index (κ3) is 4.09. The summed E-state index contributed by atoms with van der Waals surface area (Å²) >= 11 is 2.96. The van der Waals surface area contributed by atoms with E-state index < -0.39 is 0 Å². The molecule has 2 heterocycles. The SMILES string of the molecule is CSCC(=O)N1CCC[C@H]1c1ccc(C(=O)Nc2cccc(C#N)c2)s1. The van der Waals surface area contributed by atoms with Gasteiger partial charge in [-0.3, -0.25) is 9.59 Å². The van der Waals surface area contributed by atoms with Crippen LogP contribution < -0.4 is 5.32 Å². The van der Waals surface area contributed by atoms with Gasteiger partial charge in [0.25, 0.3) is 5.91 Å². The number of likely N-dealkylation sites (tertiary alicyclic amines) is 1. The number of benzene rings is 1. The lowest BCUT2D eigenvalue weighted by atomic mass is 10.2. The van der Waals surface area contributed by atoms with Gasteiger partial charge in [-0.15, -0.1) is 11.3 Å². The van der Waals surface area contributed by atoms with Gasteiger partial charge < -0.3 is 10.2 Å². The molecule has 7 heteroatoms. The van der Waals surface area contributed by atoms with Crippen molar-refractivity contribution in [3.63, 3.8) is 0 Å². The highest BCUT2D eigenvalue weighted by Gasteiger charge is 2.30. The minimum atomic E-state index is -0.198. The number of thiophene rings is 1. The van der Waals surface area contributed by atoms with E-state index in [1.165, 1.54) is 23.1 Å². The number of hydrogen-bond donors (Lipinski definition) is 1. The first kappa shape index (κ1) is 18.5. The molecular formula is C19H19N3O2S2. The van der Waals surface area contributed by atoms with Gasteiger partial charge in [-0.2, -0.15) is 17.0 Å². The highest BCUT2D eigenvalue weighted by molar-refractivity contribution is 7.99. The Hall–Kier alpha value is -2.30. The Balaban J connectivity index is 1.71. The molecule has 1 atom stereocenters. The molecule has 26 heavy (non-hydrogen) atoms. The predicted molar refractivity (Wildman–Crippen MR) is 105 cm³/mol. The maximum Gasteiger partial charge on any atom is 0.265 e. The van der Waals surface area contributed by atoms with E-state index in [0.717, 1.165) is 24.3 Å². The van der Waals surface area contributed by atoms with Gasteiger partial charge in [-0.25, -0.2) is 0 Å². The van der Waals surface area contributed by atoms with E-state index in [4.69, 9.17) is 5.26 Å². The zero-order chi connectivity index (χ0) is 18.5. The van der Waals surface area contributed by atoms with E-state index in [-0.39, 0.29) is 17.9 Å². The van der Waals surface area contributed by atoms with Crippen LogP contribution in [0.15, 0.2) is 36.4 Å². The lowest BCUT2D eigenvalue weighted by Crippen LogP contribution is -2.31. The van der Waals surface area contributed by atoms with Crippen LogP contribution in [0.25, 0.3) is 0 Å². The quantitative estimate of drug-likeness (QED) is 0.847. The third-order valence-electron chi connectivity index (χ3n) is 4.27. The number of rotatable bonds is 5. The lowest BCUT2D eigenvalue weighted by Gasteiger charge is -2.23. The minimum absolute atomic E-state index is 0.0723. The van der Waals surface area contributed by atoms with Crippen molar-refractivity contribution in [2.45, 2.75) is 18.9 Å². The fourth-order valence-electron chi connectivity index (χ4n) is 3.08. The Morgan fingerprint density at radius 2 is 2.23 bits per heavy atom. The van der Waals surface area contributed by atoms with E-state index in [1.807, 2.05) is 17.2 Å². The van der Waals surface area contributed by atoms with Gasteiger partial charge in [-0.05, 0) is 49.4 Å². The summed E-state index contributed by atoms with van der Waals surface area (Å²) in [5, 5.41) is 11.8. The Morgan fingerprint density at radius 1 is 1.38 bits per heavy atom. The molecule has 1 aliphatic heterocycles. The largest absolute Gasteiger partial charge is 0.334 e. The van der Waals surface area contributed by atoms with Crippen LogP contribution in [0.2, 0.25) is 0 Å². The monoisotopic (exact) mass is 385 g/mol. The van der Waals surface area contributed by atoms with Crippen molar-refractivity contribution in [3.8, 4) is 6.07 Å². The number of carbonyl (C=O) groups is 2. The predicted octanol–water partition coefficient (Wildman–Crippen LogP) is 3.90. The van der Waals surface area contributed by atoms with Crippen molar-refractivity contribution in [1.82, 2.24) is 4.90 Å². The van der Waals surface area contributed by atoms with Crippen LogP contribution in [-0.2, 0) is 4.79 Å². The maximum atomic E-state index is 12.5. The highest BCUT2D eigenvalue weighted by Crippen LogP contribution is 2.36. The summed E-state index contributed by atoms with van der Waals surface area (Å²) in [6, 6.07) is 12.7. The first-order valence-corrected chi connectivity index (χ1v) is 10.5. The third-order valence-corrected chi connectivity index (χ3v) is 5.99. The maximum absolute atomic E-state index is 12.5. The van der Waals surface area contributed by atoms with Gasteiger partial charge in [0, 0.05) is 17.1 Å². The number of nitriles is 1. The average Bonchev–Trinajstić information content (AvgIpc) is 3.31. The molecule has 1 saturated heterocycles. The van der Waals surface area contributed by atoms with Crippen LogP contribution in [0, 0.1) is 11.3 Å². The molecule has 3 rings (SSSR count). The van der Waals surface area contributed by atoms with Crippen LogP contribution >= 0.6 is 23.1 Å². The molecular weight excluding hydrogens is 366 g/mol. The van der Waals surface area contributed by atoms with Gasteiger partial charge in [0.05, 0.1) is 28.3 Å². The van der Waals surface area contributed by atoms with E-state index in [2.05, 4.69) is 11.4 Å². The van der Waals surface area contributed by atoms with Crippen molar-refractivity contribution in [1.29, 1.82) is 5.26 Å². The van der Waals surface area contributed by atoms with E-state index in [1.54, 1.807) is 30.3 Å². The smallest absolute Gasteiger partial charge is 0.265 e. The average molecular weight is 386 g/mol. The van der Waals surface area contributed by atoms with Crippen molar-refractivity contribution in [2.75, 3.05) is 23.9 Å². The fraction of sp³-hybridized carbons (Fsp3) is 0.316. The molecule has 0 spiro atoms. The second-order valence-electron chi connectivity index (χ2n) is 6.03. The molecule has 5 nitrogen and oxygen atoms in total. The molecule has 0 aliphatic carbocycles. The molecule has 0 bridgehead atoms. The van der Waals surface area contributed by atoms with Crippen molar-refractivity contribution in [3.05, 3.63) is 51.7 Å². The summed E-state index contributed by atoms with van der Waals surface area (Å²) < 4.78 is 0. The van der Waals surface area contributed by atoms with E-state index in [0.29, 0.717) is 21.9 Å². The van der Waals surface area contributed by atoms with Crippen LogP contribution in [-0.4, -0.2) is 35.3 Å². The van der Waals surface area contributed by atoms with Gasteiger partial charge in [0.1, 0.15) is 0 Å². The van der Waals surface area contributed by atoms with Crippen LogP contribution in [0.5, 0.6) is 0 Å². The van der Waals surface area contributed by atoms with Gasteiger partial charge in [0.15, 0.2) is 0 Å². The Bertz CT molecular complexity index is 856. The summed E-state index contributed by atoms with van der Waals surface area (Å²) in [6.07, 6.45) is 3.86. The summed E-state index contributed by atoms with van der Waals surface area (Å²) in [7, 11) is 0. The second kappa shape index (κ2) is 8.39. The normalized spacial score (nSPS) is 16.3. The first-order valence-electron chi connectivity index (χ1n) is 8.32. The van der Waals surface area contributed by atoms with Crippen molar-refractivity contribution >= 4 is 40.6 Å². The van der Waals surface area contributed by atoms with E-state index in [9.17, 15) is 9.59 Å². The van der Waals surface area contributed by atoms with Gasteiger partial charge >= 0.3 is 0 Å². The van der Waals surface area contributed by atoms with Crippen LogP contribution in [0.1, 0.15) is 39.0 Å². The van der Waals surface area contributed by atoms with Crippen molar-refractivity contribution < 1.29 is 9.59 Å². The molecule has 0 unspecified atom stereocenters. The van der Waals surface area contributed by atoms with Gasteiger partial charge in [0.2, 0.25) is 5.91 Å². The van der Waals surface area contributed by atoms with Crippen LogP contribution in [0.3, 0.4) is 0 Å². The Morgan fingerprint density at radius 3 is 3.00 bits per heavy atom. The topological polar surface area (TPSA) is 73.2 Å². The number of nitrogens with one attached hydrogen (secondary N) is 1. The summed E-state index contributed by atoms with van der Waals surface area (Å²) in [5.74, 6) is 0.453. The molecule has 1 N–H and O–H groups in total. The zero-order valence-electron chi connectivity index (χ0n) is 14.4. The molecule has 1 aromatic heterocycles. The Labute approximate surface area is 161 Å². The summed E-state index contributed by atoms with van der Waals surface area (Å²) in [4.78, 5) is 28.4.